The Balaban J connectivity index is 1.75. The highest BCUT2D eigenvalue weighted by atomic mass is 19.2. The monoisotopic (exact) mass is 366 g/mol. The lowest BCUT2D eigenvalue weighted by Crippen LogP contribution is -2.14. The standard InChI is InChI=1S/C20H18F4O2/c1-11-2-4-12(5-3-11)15-7-6-13(8-16(15)21)20(25)26-14-9-17(22)19(24)18(23)10-14/h6-12H,2-5H2,1H3. The Bertz CT molecular complexity index is 804. The van der Waals surface area contributed by atoms with E-state index in [4.69, 9.17) is 4.74 Å². The average molecular weight is 366 g/mol. The summed E-state index contributed by atoms with van der Waals surface area (Å²) in [4.78, 5) is 12.1. The van der Waals surface area contributed by atoms with Crippen molar-refractivity contribution in [1.82, 2.24) is 0 Å². The molecule has 0 aliphatic heterocycles. The van der Waals surface area contributed by atoms with Crippen molar-refractivity contribution in [2.45, 2.75) is 38.5 Å². The minimum Gasteiger partial charge on any atom is -0.423 e. The quantitative estimate of drug-likeness (QED) is 0.299. The normalized spacial score (nSPS) is 20.0. The number of halogens is 4. The van der Waals surface area contributed by atoms with Gasteiger partial charge in [0.05, 0.1) is 5.56 Å². The molecule has 1 fully saturated rings. The zero-order valence-corrected chi connectivity index (χ0v) is 14.2. The van der Waals surface area contributed by atoms with Crippen LogP contribution in [0.5, 0.6) is 5.75 Å². The average Bonchev–Trinajstić information content (AvgIpc) is 2.60. The summed E-state index contributed by atoms with van der Waals surface area (Å²) in [5, 5.41) is 0. The van der Waals surface area contributed by atoms with Crippen molar-refractivity contribution in [2.24, 2.45) is 5.92 Å². The number of benzene rings is 2. The fraction of sp³-hybridized carbons (Fsp3) is 0.350. The van der Waals surface area contributed by atoms with Gasteiger partial charge in [0.25, 0.3) is 0 Å². The summed E-state index contributed by atoms with van der Waals surface area (Å²) in [6, 6.07) is 5.16. The first-order valence-corrected chi connectivity index (χ1v) is 8.51. The topological polar surface area (TPSA) is 26.3 Å². The maximum Gasteiger partial charge on any atom is 0.343 e. The Morgan fingerprint density at radius 1 is 0.923 bits per heavy atom. The molecule has 0 atom stereocenters. The molecule has 2 nitrogen and oxygen atoms in total. The lowest BCUT2D eigenvalue weighted by atomic mass is 9.79. The van der Waals surface area contributed by atoms with Crippen LogP contribution in [0.2, 0.25) is 0 Å². The van der Waals surface area contributed by atoms with Gasteiger partial charge in [-0.1, -0.05) is 25.8 Å². The minimum absolute atomic E-state index is 0.0828. The first kappa shape index (κ1) is 18.4. The minimum atomic E-state index is -1.65. The maximum atomic E-state index is 14.4. The second kappa shape index (κ2) is 7.48. The second-order valence-electron chi connectivity index (χ2n) is 6.78. The molecule has 0 radical (unpaired) electrons. The van der Waals surface area contributed by atoms with Gasteiger partial charge in [0.2, 0.25) is 0 Å². The molecule has 0 aromatic heterocycles. The summed E-state index contributed by atoms with van der Waals surface area (Å²) in [5.41, 5.74) is 0.480. The van der Waals surface area contributed by atoms with Crippen molar-refractivity contribution in [3.8, 4) is 5.75 Å². The number of carbonyl (C=O) groups excluding carboxylic acids is 1. The molecule has 0 amide bonds. The predicted octanol–water partition coefficient (Wildman–Crippen LogP) is 5.76. The molecule has 0 unspecified atom stereocenters. The lowest BCUT2D eigenvalue weighted by Gasteiger charge is -2.26. The van der Waals surface area contributed by atoms with Crippen molar-refractivity contribution in [2.75, 3.05) is 0 Å². The number of hydrogen-bond donors (Lipinski definition) is 0. The van der Waals surface area contributed by atoms with Crippen LogP contribution in [0, 0.1) is 29.2 Å². The smallest absolute Gasteiger partial charge is 0.343 e. The highest BCUT2D eigenvalue weighted by Gasteiger charge is 2.23. The summed E-state index contributed by atoms with van der Waals surface area (Å²) in [5.74, 6) is -5.80. The third-order valence-electron chi connectivity index (χ3n) is 4.86. The lowest BCUT2D eigenvalue weighted by molar-refractivity contribution is 0.0733. The molecule has 138 valence electrons. The second-order valence-corrected chi connectivity index (χ2v) is 6.78. The Kier molecular flexibility index (Phi) is 5.30. The van der Waals surface area contributed by atoms with E-state index in [0.29, 0.717) is 23.6 Å². The number of rotatable bonds is 3. The van der Waals surface area contributed by atoms with Crippen LogP contribution < -0.4 is 4.74 Å². The Hall–Kier alpha value is -2.37. The molecule has 0 heterocycles. The van der Waals surface area contributed by atoms with Crippen LogP contribution in [-0.2, 0) is 0 Å². The third-order valence-corrected chi connectivity index (χ3v) is 4.86. The predicted molar refractivity (Wildman–Crippen MR) is 88.0 cm³/mol. The molecule has 0 saturated heterocycles. The highest BCUT2D eigenvalue weighted by molar-refractivity contribution is 5.91. The van der Waals surface area contributed by atoms with E-state index in [1.54, 1.807) is 6.07 Å². The van der Waals surface area contributed by atoms with Gasteiger partial charge in [-0.25, -0.2) is 22.4 Å². The number of carbonyl (C=O) groups is 1. The molecular formula is C20H18F4O2. The molecule has 1 saturated carbocycles. The van der Waals surface area contributed by atoms with Gasteiger partial charge >= 0.3 is 5.97 Å². The van der Waals surface area contributed by atoms with Gasteiger partial charge in [0, 0.05) is 12.1 Å². The number of esters is 1. The van der Waals surface area contributed by atoms with E-state index < -0.39 is 35.0 Å². The SMILES string of the molecule is CC1CCC(c2ccc(C(=O)Oc3cc(F)c(F)c(F)c3)cc2F)CC1. The van der Waals surface area contributed by atoms with E-state index >= 15 is 0 Å². The first-order chi connectivity index (χ1) is 12.3. The molecule has 2 aromatic rings. The zero-order chi connectivity index (χ0) is 18.8. The molecule has 1 aliphatic carbocycles. The summed E-state index contributed by atoms with van der Waals surface area (Å²) >= 11 is 0. The van der Waals surface area contributed by atoms with Gasteiger partial charge in [-0.15, -0.1) is 0 Å². The van der Waals surface area contributed by atoms with E-state index in [9.17, 15) is 22.4 Å². The highest BCUT2D eigenvalue weighted by Crippen LogP contribution is 2.36. The summed E-state index contributed by atoms with van der Waals surface area (Å²) in [6.07, 6.45) is 3.87. The largest absolute Gasteiger partial charge is 0.423 e. The van der Waals surface area contributed by atoms with Gasteiger partial charge in [-0.05, 0) is 42.4 Å². The number of ether oxygens (including phenoxy) is 1. The fourth-order valence-corrected chi connectivity index (χ4v) is 3.31. The first-order valence-electron chi connectivity index (χ1n) is 8.51. The van der Waals surface area contributed by atoms with Crippen LogP contribution in [0.3, 0.4) is 0 Å². The van der Waals surface area contributed by atoms with Gasteiger partial charge in [0.15, 0.2) is 17.5 Å². The summed E-state index contributed by atoms with van der Waals surface area (Å²) < 4.78 is 58.5. The molecule has 0 bridgehead atoms. The van der Waals surface area contributed by atoms with Crippen LogP contribution in [0.4, 0.5) is 17.6 Å². The molecular weight excluding hydrogens is 348 g/mol. The molecule has 6 heteroatoms. The summed E-state index contributed by atoms with van der Waals surface area (Å²) in [6.45, 7) is 2.17. The molecule has 26 heavy (non-hydrogen) atoms. The van der Waals surface area contributed by atoms with E-state index in [0.717, 1.165) is 31.7 Å². The van der Waals surface area contributed by atoms with Crippen molar-refractivity contribution in [3.05, 3.63) is 64.7 Å². The Morgan fingerprint density at radius 3 is 2.12 bits per heavy atom. The Labute approximate surface area is 148 Å². The van der Waals surface area contributed by atoms with Crippen LogP contribution in [0.1, 0.15) is 54.4 Å². The zero-order valence-electron chi connectivity index (χ0n) is 14.2. The van der Waals surface area contributed by atoms with Gasteiger partial charge in [0.1, 0.15) is 11.6 Å². The van der Waals surface area contributed by atoms with Gasteiger partial charge in [-0.2, -0.15) is 0 Å². The van der Waals surface area contributed by atoms with Gasteiger partial charge < -0.3 is 4.74 Å². The Morgan fingerprint density at radius 2 is 1.54 bits per heavy atom. The summed E-state index contributed by atoms with van der Waals surface area (Å²) in [7, 11) is 0. The van der Waals surface area contributed by atoms with E-state index in [-0.39, 0.29) is 11.5 Å². The molecule has 2 aromatic carbocycles. The van der Waals surface area contributed by atoms with Crippen LogP contribution in [-0.4, -0.2) is 5.97 Å². The molecule has 0 N–H and O–H groups in total. The van der Waals surface area contributed by atoms with E-state index in [2.05, 4.69) is 6.92 Å². The van der Waals surface area contributed by atoms with Crippen molar-refractivity contribution >= 4 is 5.97 Å². The van der Waals surface area contributed by atoms with Crippen molar-refractivity contribution in [1.29, 1.82) is 0 Å². The van der Waals surface area contributed by atoms with E-state index in [1.165, 1.54) is 6.07 Å². The molecule has 3 rings (SSSR count). The van der Waals surface area contributed by atoms with Gasteiger partial charge in [-0.3, -0.25) is 0 Å². The third kappa shape index (κ3) is 3.89. The van der Waals surface area contributed by atoms with Crippen LogP contribution in [0.25, 0.3) is 0 Å². The van der Waals surface area contributed by atoms with Crippen molar-refractivity contribution in [3.63, 3.8) is 0 Å². The van der Waals surface area contributed by atoms with Crippen LogP contribution in [0.15, 0.2) is 30.3 Å². The maximum absolute atomic E-state index is 14.4. The number of hydrogen-bond acceptors (Lipinski definition) is 2. The fourth-order valence-electron chi connectivity index (χ4n) is 3.31. The van der Waals surface area contributed by atoms with Crippen molar-refractivity contribution < 1.29 is 27.1 Å². The molecule has 0 spiro atoms. The van der Waals surface area contributed by atoms with E-state index in [1.807, 2.05) is 0 Å². The molecule has 1 aliphatic rings. The van der Waals surface area contributed by atoms with Crippen LogP contribution >= 0.6 is 0 Å².